The van der Waals surface area contributed by atoms with Crippen LogP contribution in [0.2, 0.25) is 0 Å². The van der Waals surface area contributed by atoms with E-state index in [4.69, 9.17) is 4.74 Å². The predicted molar refractivity (Wildman–Crippen MR) is 64.7 cm³/mol. The number of carbonyl (C=O) groups excluding carboxylic acids is 2. The summed E-state index contributed by atoms with van der Waals surface area (Å²) >= 11 is 0. The smallest absolute Gasteiger partial charge is 0.408 e. The van der Waals surface area contributed by atoms with Gasteiger partial charge in [-0.15, -0.1) is 0 Å². The summed E-state index contributed by atoms with van der Waals surface area (Å²) in [7, 11) is 0. The Morgan fingerprint density at radius 2 is 1.94 bits per heavy atom. The van der Waals surface area contributed by atoms with E-state index in [2.05, 4.69) is 5.32 Å². The lowest BCUT2D eigenvalue weighted by molar-refractivity contribution is -0.115. The van der Waals surface area contributed by atoms with E-state index in [9.17, 15) is 14.7 Å². The molecular weight excluding hydrogens is 222 g/mol. The van der Waals surface area contributed by atoms with Crippen molar-refractivity contribution in [3.8, 4) is 0 Å². The fourth-order valence-corrected chi connectivity index (χ4v) is 1.51. The van der Waals surface area contributed by atoms with Crippen LogP contribution in [-0.2, 0) is 9.53 Å². The van der Waals surface area contributed by atoms with Crippen LogP contribution in [0.4, 0.5) is 4.79 Å². The first-order valence-corrected chi connectivity index (χ1v) is 5.72. The van der Waals surface area contributed by atoms with Crippen molar-refractivity contribution in [3.63, 3.8) is 0 Å². The van der Waals surface area contributed by atoms with Gasteiger partial charge >= 0.3 is 6.09 Å². The molecule has 100 valence electrons. The normalized spacial score (nSPS) is 15.2. The SMILES string of the molecule is CC(C)C[C@@](C=O)(CO)NC(=O)OC(C)(C)C. The molecule has 1 atom stereocenters. The van der Waals surface area contributed by atoms with E-state index < -0.39 is 23.8 Å². The average Bonchev–Trinajstić information content (AvgIpc) is 2.12. The molecule has 2 N–H and O–H groups in total. The minimum atomic E-state index is -1.25. The van der Waals surface area contributed by atoms with E-state index in [1.54, 1.807) is 20.8 Å². The predicted octanol–water partition coefficient (Wildman–Crippen LogP) is 1.49. The van der Waals surface area contributed by atoms with Gasteiger partial charge < -0.3 is 20.0 Å². The lowest BCUT2D eigenvalue weighted by atomic mass is 9.91. The van der Waals surface area contributed by atoms with Crippen LogP contribution in [0.5, 0.6) is 0 Å². The van der Waals surface area contributed by atoms with Gasteiger partial charge in [-0.05, 0) is 33.1 Å². The van der Waals surface area contributed by atoms with Gasteiger partial charge in [0.1, 0.15) is 17.4 Å². The minimum absolute atomic E-state index is 0.169. The van der Waals surface area contributed by atoms with E-state index in [0.717, 1.165) is 0 Å². The van der Waals surface area contributed by atoms with Crippen LogP contribution in [0.3, 0.4) is 0 Å². The van der Waals surface area contributed by atoms with Crippen molar-refractivity contribution in [2.75, 3.05) is 6.61 Å². The van der Waals surface area contributed by atoms with E-state index in [0.29, 0.717) is 12.7 Å². The van der Waals surface area contributed by atoms with Gasteiger partial charge in [-0.25, -0.2) is 4.79 Å². The fourth-order valence-electron chi connectivity index (χ4n) is 1.51. The summed E-state index contributed by atoms with van der Waals surface area (Å²) in [5.74, 6) is 0.169. The number of rotatable bonds is 5. The number of hydrogen-bond acceptors (Lipinski definition) is 4. The minimum Gasteiger partial charge on any atom is -0.444 e. The number of aliphatic hydroxyl groups excluding tert-OH is 1. The van der Waals surface area contributed by atoms with Crippen molar-refractivity contribution in [2.45, 2.75) is 52.2 Å². The first kappa shape index (κ1) is 15.9. The van der Waals surface area contributed by atoms with E-state index in [-0.39, 0.29) is 5.92 Å². The average molecular weight is 245 g/mol. The zero-order valence-corrected chi connectivity index (χ0v) is 11.2. The molecule has 0 heterocycles. The Hall–Kier alpha value is -1.10. The molecule has 0 saturated carbocycles. The molecule has 0 bridgehead atoms. The zero-order valence-electron chi connectivity index (χ0n) is 11.2. The summed E-state index contributed by atoms with van der Waals surface area (Å²) < 4.78 is 5.06. The number of hydrogen-bond donors (Lipinski definition) is 2. The van der Waals surface area contributed by atoms with E-state index >= 15 is 0 Å². The van der Waals surface area contributed by atoms with Crippen molar-refractivity contribution in [3.05, 3.63) is 0 Å². The Kier molecular flexibility index (Phi) is 5.61. The van der Waals surface area contributed by atoms with Gasteiger partial charge in [0.15, 0.2) is 0 Å². The molecule has 0 aromatic carbocycles. The molecule has 5 nitrogen and oxygen atoms in total. The summed E-state index contributed by atoms with van der Waals surface area (Å²) in [4.78, 5) is 22.6. The van der Waals surface area contributed by atoms with Gasteiger partial charge in [-0.1, -0.05) is 13.8 Å². The summed E-state index contributed by atoms with van der Waals surface area (Å²) in [6.45, 7) is 8.58. The lowest BCUT2D eigenvalue weighted by Crippen LogP contribution is -2.54. The van der Waals surface area contributed by atoms with Gasteiger partial charge in [-0.3, -0.25) is 0 Å². The number of aliphatic hydroxyl groups is 1. The molecule has 0 aliphatic rings. The van der Waals surface area contributed by atoms with Crippen molar-refractivity contribution in [1.29, 1.82) is 0 Å². The molecule has 17 heavy (non-hydrogen) atoms. The lowest BCUT2D eigenvalue weighted by Gasteiger charge is -2.30. The monoisotopic (exact) mass is 245 g/mol. The molecule has 1 amide bonds. The summed E-state index contributed by atoms with van der Waals surface area (Å²) in [6.07, 6.45) is 0.239. The van der Waals surface area contributed by atoms with Crippen LogP contribution < -0.4 is 5.32 Å². The Morgan fingerprint density at radius 3 is 2.24 bits per heavy atom. The number of alkyl carbamates (subject to hydrolysis) is 1. The highest BCUT2D eigenvalue weighted by Crippen LogP contribution is 2.16. The zero-order chi connectivity index (χ0) is 13.7. The Labute approximate surface area is 103 Å². The quantitative estimate of drug-likeness (QED) is 0.719. The summed E-state index contributed by atoms with van der Waals surface area (Å²) in [6, 6.07) is 0. The summed E-state index contributed by atoms with van der Waals surface area (Å²) in [5.41, 5.74) is -1.89. The van der Waals surface area contributed by atoms with Gasteiger partial charge in [0, 0.05) is 0 Å². The van der Waals surface area contributed by atoms with Gasteiger partial charge in [0.2, 0.25) is 0 Å². The Morgan fingerprint density at radius 1 is 1.41 bits per heavy atom. The molecular formula is C12H23NO4. The van der Waals surface area contributed by atoms with Crippen LogP contribution in [-0.4, -0.2) is 35.2 Å². The summed E-state index contributed by atoms with van der Waals surface area (Å²) in [5, 5.41) is 11.7. The maximum Gasteiger partial charge on any atom is 0.408 e. The number of nitrogens with one attached hydrogen (secondary N) is 1. The second-order valence-corrected chi connectivity index (χ2v) is 5.66. The molecule has 0 saturated heterocycles. The van der Waals surface area contributed by atoms with Gasteiger partial charge in [0.25, 0.3) is 0 Å². The molecule has 5 heteroatoms. The van der Waals surface area contributed by atoms with Crippen molar-refractivity contribution >= 4 is 12.4 Å². The van der Waals surface area contributed by atoms with E-state index in [1.165, 1.54) is 0 Å². The maximum atomic E-state index is 11.6. The first-order chi connectivity index (χ1) is 7.64. The van der Waals surface area contributed by atoms with Gasteiger partial charge in [0.05, 0.1) is 6.61 Å². The molecule has 0 spiro atoms. The van der Waals surface area contributed by atoms with Crippen LogP contribution in [0.1, 0.15) is 41.0 Å². The highest BCUT2D eigenvalue weighted by atomic mass is 16.6. The third-order valence-corrected chi connectivity index (χ3v) is 2.03. The first-order valence-electron chi connectivity index (χ1n) is 5.72. The number of amides is 1. The van der Waals surface area contributed by atoms with Gasteiger partial charge in [-0.2, -0.15) is 0 Å². The molecule has 0 aromatic rings. The number of ether oxygens (including phenoxy) is 1. The second-order valence-electron chi connectivity index (χ2n) is 5.66. The Balaban J connectivity index is 4.65. The molecule has 0 unspecified atom stereocenters. The highest BCUT2D eigenvalue weighted by molar-refractivity contribution is 5.76. The van der Waals surface area contributed by atoms with Crippen molar-refractivity contribution < 1.29 is 19.4 Å². The largest absolute Gasteiger partial charge is 0.444 e. The Bertz CT molecular complexity index is 270. The third kappa shape index (κ3) is 6.26. The molecule has 0 radical (unpaired) electrons. The standard InChI is InChI=1S/C12H23NO4/c1-9(2)6-12(7-14,8-15)13-10(16)17-11(3,4)5/h7,9,15H,6,8H2,1-5H3,(H,13,16)/t12-/m1/s1. The van der Waals surface area contributed by atoms with E-state index in [1.807, 2.05) is 13.8 Å². The van der Waals surface area contributed by atoms with Crippen LogP contribution in [0.25, 0.3) is 0 Å². The maximum absolute atomic E-state index is 11.6. The number of aldehydes is 1. The fraction of sp³-hybridized carbons (Fsp3) is 0.833. The van der Waals surface area contributed by atoms with Crippen molar-refractivity contribution in [2.24, 2.45) is 5.92 Å². The van der Waals surface area contributed by atoms with Crippen LogP contribution in [0, 0.1) is 5.92 Å². The second kappa shape index (κ2) is 6.00. The number of carbonyl (C=O) groups is 2. The van der Waals surface area contributed by atoms with Crippen LogP contribution in [0.15, 0.2) is 0 Å². The molecule has 0 fully saturated rings. The topological polar surface area (TPSA) is 75.6 Å². The van der Waals surface area contributed by atoms with Crippen molar-refractivity contribution in [1.82, 2.24) is 5.32 Å². The molecule has 0 aliphatic carbocycles. The van der Waals surface area contributed by atoms with Crippen LogP contribution >= 0.6 is 0 Å². The third-order valence-electron chi connectivity index (χ3n) is 2.03. The molecule has 0 aromatic heterocycles. The molecule has 0 rings (SSSR count). The highest BCUT2D eigenvalue weighted by Gasteiger charge is 2.33. The molecule has 0 aliphatic heterocycles.